The quantitative estimate of drug-likeness (QED) is 0.576. The number of imidazole rings is 1. The smallest absolute Gasteiger partial charge is 0.173 e. The monoisotopic (exact) mass is 372 g/mol. The number of nitrogens with zero attached hydrogens (tertiary/aromatic N) is 2. The van der Waals surface area contributed by atoms with Crippen molar-refractivity contribution in [3.8, 4) is 11.5 Å². The van der Waals surface area contributed by atoms with Crippen LogP contribution < -0.4 is 9.47 Å². The van der Waals surface area contributed by atoms with Crippen LogP contribution in [0.2, 0.25) is 0 Å². The first kappa shape index (κ1) is 17.5. The van der Waals surface area contributed by atoms with Gasteiger partial charge in [0.2, 0.25) is 0 Å². The van der Waals surface area contributed by atoms with E-state index in [-0.39, 0.29) is 5.78 Å². The van der Waals surface area contributed by atoms with E-state index in [1.807, 2.05) is 19.1 Å². The summed E-state index contributed by atoms with van der Waals surface area (Å²) in [5.74, 6) is 1.83. The topological polar surface area (TPSA) is 53.4 Å². The molecule has 2 aliphatic rings. The van der Waals surface area contributed by atoms with E-state index in [0.717, 1.165) is 10.9 Å². The molecule has 6 heteroatoms. The standard InChI is InChI=1S/C20H24N2O3S/c1-13-14(2)22(16-5-3-4-6-16)20(21-13)26-12-17(23)15-7-8-18-19(11-15)25-10-9-24-18/h7-8,11,16H,3-6,9-10,12H2,1-2H3. The van der Waals surface area contributed by atoms with Gasteiger partial charge in [-0.15, -0.1) is 0 Å². The number of carbonyl (C=O) groups excluding carboxylic acids is 1. The predicted molar refractivity (Wildman–Crippen MR) is 102 cm³/mol. The molecule has 0 N–H and O–H groups in total. The third kappa shape index (κ3) is 3.34. The van der Waals surface area contributed by atoms with Crippen molar-refractivity contribution in [3.05, 3.63) is 35.2 Å². The number of benzene rings is 1. The maximum atomic E-state index is 12.7. The van der Waals surface area contributed by atoms with Crippen LogP contribution in [0.3, 0.4) is 0 Å². The zero-order valence-electron chi connectivity index (χ0n) is 15.3. The van der Waals surface area contributed by atoms with E-state index in [0.29, 0.717) is 42.1 Å². The molecule has 1 aliphatic carbocycles. The lowest BCUT2D eigenvalue weighted by atomic mass is 10.1. The van der Waals surface area contributed by atoms with Crippen LogP contribution >= 0.6 is 11.8 Å². The predicted octanol–water partition coefficient (Wildman–Crippen LogP) is 4.36. The van der Waals surface area contributed by atoms with Gasteiger partial charge in [0.25, 0.3) is 0 Å². The number of ether oxygens (including phenoxy) is 2. The van der Waals surface area contributed by atoms with E-state index < -0.39 is 0 Å². The number of carbonyl (C=O) groups is 1. The van der Waals surface area contributed by atoms with Gasteiger partial charge in [0.1, 0.15) is 13.2 Å². The lowest BCUT2D eigenvalue weighted by molar-refractivity contribution is 0.102. The molecule has 1 aromatic heterocycles. The molecule has 0 unspecified atom stereocenters. The van der Waals surface area contributed by atoms with Gasteiger partial charge in [-0.1, -0.05) is 24.6 Å². The first-order valence-corrected chi connectivity index (χ1v) is 10.2. The summed E-state index contributed by atoms with van der Waals surface area (Å²) in [6.07, 6.45) is 4.98. The Hall–Kier alpha value is -1.95. The molecule has 2 aromatic rings. The molecule has 0 atom stereocenters. The van der Waals surface area contributed by atoms with Crippen molar-refractivity contribution in [2.75, 3.05) is 19.0 Å². The number of hydrogen-bond donors (Lipinski definition) is 0. The van der Waals surface area contributed by atoms with Crippen molar-refractivity contribution in [2.45, 2.75) is 50.7 Å². The Labute approximate surface area is 158 Å². The summed E-state index contributed by atoms with van der Waals surface area (Å²) in [5, 5.41) is 0.970. The van der Waals surface area contributed by atoms with Gasteiger partial charge < -0.3 is 14.0 Å². The highest BCUT2D eigenvalue weighted by molar-refractivity contribution is 7.99. The molecular formula is C20H24N2O3S. The molecule has 1 aromatic carbocycles. The Morgan fingerprint density at radius 2 is 1.92 bits per heavy atom. The minimum atomic E-state index is 0.0863. The molecule has 2 heterocycles. The van der Waals surface area contributed by atoms with Gasteiger partial charge in [-0.3, -0.25) is 4.79 Å². The fourth-order valence-corrected chi connectivity index (χ4v) is 4.77. The van der Waals surface area contributed by atoms with Gasteiger partial charge in [-0.2, -0.15) is 0 Å². The summed E-state index contributed by atoms with van der Waals surface area (Å²) in [4.78, 5) is 17.4. The summed E-state index contributed by atoms with van der Waals surface area (Å²) in [5.41, 5.74) is 2.95. The van der Waals surface area contributed by atoms with E-state index in [1.54, 1.807) is 6.07 Å². The highest BCUT2D eigenvalue weighted by atomic mass is 32.2. The van der Waals surface area contributed by atoms with E-state index >= 15 is 0 Å². The zero-order chi connectivity index (χ0) is 18.1. The van der Waals surface area contributed by atoms with Crippen molar-refractivity contribution >= 4 is 17.5 Å². The lowest BCUT2D eigenvalue weighted by Gasteiger charge is -2.18. The summed E-state index contributed by atoms with van der Waals surface area (Å²) in [6.45, 7) is 5.26. The first-order valence-electron chi connectivity index (χ1n) is 9.24. The largest absolute Gasteiger partial charge is 0.486 e. The maximum absolute atomic E-state index is 12.7. The summed E-state index contributed by atoms with van der Waals surface area (Å²) in [7, 11) is 0. The van der Waals surface area contributed by atoms with Crippen molar-refractivity contribution in [1.82, 2.24) is 9.55 Å². The maximum Gasteiger partial charge on any atom is 0.173 e. The van der Waals surface area contributed by atoms with Crippen molar-refractivity contribution in [2.24, 2.45) is 0 Å². The number of ketones is 1. The van der Waals surface area contributed by atoms with Crippen LogP contribution in [0, 0.1) is 13.8 Å². The van der Waals surface area contributed by atoms with Gasteiger partial charge in [0.15, 0.2) is 22.4 Å². The Kier molecular flexibility index (Phi) is 4.94. The SMILES string of the molecule is Cc1nc(SCC(=O)c2ccc3c(c2)OCCO3)n(C2CCCC2)c1C. The Balaban J connectivity index is 1.49. The number of rotatable bonds is 5. The summed E-state index contributed by atoms with van der Waals surface area (Å²) < 4.78 is 13.5. The first-order chi connectivity index (χ1) is 12.6. The van der Waals surface area contributed by atoms with Gasteiger partial charge in [0.05, 0.1) is 11.4 Å². The molecular weight excluding hydrogens is 348 g/mol. The fourth-order valence-electron chi connectivity index (χ4n) is 3.72. The Bertz CT molecular complexity index is 825. The number of hydrogen-bond acceptors (Lipinski definition) is 5. The number of thioether (sulfide) groups is 1. The third-order valence-corrected chi connectivity index (χ3v) is 6.19. The minimum Gasteiger partial charge on any atom is -0.486 e. The molecule has 1 saturated carbocycles. The number of aromatic nitrogens is 2. The molecule has 0 saturated heterocycles. The molecule has 1 aliphatic heterocycles. The van der Waals surface area contributed by atoms with E-state index in [1.165, 1.54) is 43.1 Å². The van der Waals surface area contributed by atoms with Crippen molar-refractivity contribution in [1.29, 1.82) is 0 Å². The Morgan fingerprint density at radius 3 is 2.69 bits per heavy atom. The van der Waals surface area contributed by atoms with Crippen molar-refractivity contribution in [3.63, 3.8) is 0 Å². The summed E-state index contributed by atoms with van der Waals surface area (Å²) in [6, 6.07) is 5.96. The Morgan fingerprint density at radius 1 is 1.19 bits per heavy atom. The van der Waals surface area contributed by atoms with Crippen LogP contribution in [0.4, 0.5) is 0 Å². The molecule has 138 valence electrons. The molecule has 0 radical (unpaired) electrons. The second kappa shape index (κ2) is 7.35. The van der Waals surface area contributed by atoms with Gasteiger partial charge >= 0.3 is 0 Å². The fraction of sp³-hybridized carbons (Fsp3) is 0.500. The van der Waals surface area contributed by atoms with Crippen LogP contribution in [-0.4, -0.2) is 34.3 Å². The minimum absolute atomic E-state index is 0.0863. The molecule has 5 nitrogen and oxygen atoms in total. The number of fused-ring (bicyclic) bond motifs is 1. The van der Waals surface area contributed by atoms with Gasteiger partial charge in [-0.05, 0) is 44.9 Å². The second-order valence-electron chi connectivity index (χ2n) is 6.94. The zero-order valence-corrected chi connectivity index (χ0v) is 16.1. The van der Waals surface area contributed by atoms with E-state index in [9.17, 15) is 4.79 Å². The molecule has 4 rings (SSSR count). The highest BCUT2D eigenvalue weighted by Crippen LogP contribution is 2.36. The number of aryl methyl sites for hydroxylation is 1. The van der Waals surface area contributed by atoms with E-state index in [4.69, 9.17) is 14.5 Å². The van der Waals surface area contributed by atoms with E-state index in [2.05, 4.69) is 11.5 Å². The molecule has 0 amide bonds. The average molecular weight is 372 g/mol. The van der Waals surface area contributed by atoms with Crippen LogP contribution in [-0.2, 0) is 0 Å². The molecule has 0 bridgehead atoms. The van der Waals surface area contributed by atoms with Gasteiger partial charge in [0, 0.05) is 17.3 Å². The number of Topliss-reactive ketones (excluding diaryl/α,β-unsaturated/α-hetero) is 1. The van der Waals surface area contributed by atoms with Gasteiger partial charge in [-0.25, -0.2) is 4.98 Å². The lowest BCUT2D eigenvalue weighted by Crippen LogP contribution is -2.16. The second-order valence-corrected chi connectivity index (χ2v) is 7.89. The molecule has 0 spiro atoms. The summed E-state index contributed by atoms with van der Waals surface area (Å²) >= 11 is 1.54. The molecule has 26 heavy (non-hydrogen) atoms. The highest BCUT2D eigenvalue weighted by Gasteiger charge is 2.24. The third-order valence-electron chi connectivity index (χ3n) is 5.24. The van der Waals surface area contributed by atoms with Crippen LogP contribution in [0.15, 0.2) is 23.4 Å². The normalized spacial score (nSPS) is 16.8. The average Bonchev–Trinajstić information content (AvgIpc) is 3.28. The van der Waals surface area contributed by atoms with Crippen LogP contribution in [0.1, 0.15) is 53.5 Å². The van der Waals surface area contributed by atoms with Crippen LogP contribution in [0.5, 0.6) is 11.5 Å². The molecule has 1 fully saturated rings. The van der Waals surface area contributed by atoms with Crippen LogP contribution in [0.25, 0.3) is 0 Å². The van der Waals surface area contributed by atoms with Crippen molar-refractivity contribution < 1.29 is 14.3 Å².